The number of aliphatic hydroxyl groups excluding tert-OH is 1. The predicted molar refractivity (Wildman–Crippen MR) is 107 cm³/mol. The fourth-order valence-corrected chi connectivity index (χ4v) is 2.49. The number of nitrogens with one attached hydrogen (secondary N) is 3. The highest BCUT2D eigenvalue weighted by Gasteiger charge is 2.27. The van der Waals surface area contributed by atoms with Crippen molar-refractivity contribution in [3.8, 4) is 0 Å². The number of carboxylic acids is 2. The maximum Gasteiger partial charge on any atom is 0.326 e. The number of hydrogen-bond acceptors (Lipinski definition) is 7. The van der Waals surface area contributed by atoms with Crippen molar-refractivity contribution in [2.75, 3.05) is 13.2 Å². The van der Waals surface area contributed by atoms with Crippen molar-refractivity contribution in [1.82, 2.24) is 16.0 Å². The third-order valence-electron chi connectivity index (χ3n) is 4.15. The van der Waals surface area contributed by atoms with E-state index in [1.54, 1.807) is 30.3 Å². The summed E-state index contributed by atoms with van der Waals surface area (Å²) < 4.78 is 0. The summed E-state index contributed by atoms with van der Waals surface area (Å²) in [4.78, 5) is 58.5. The SMILES string of the molecule is NC(CO)C(=O)NCC(=O)NC(CCC(=O)O)C(=O)NC(Cc1ccccc1)C(=O)O. The molecule has 0 bridgehead atoms. The normalized spacial score (nSPS) is 13.4. The van der Waals surface area contributed by atoms with Crippen LogP contribution in [0.4, 0.5) is 0 Å². The van der Waals surface area contributed by atoms with Crippen molar-refractivity contribution in [3.63, 3.8) is 0 Å². The largest absolute Gasteiger partial charge is 0.481 e. The van der Waals surface area contributed by atoms with Crippen LogP contribution in [0.2, 0.25) is 0 Å². The van der Waals surface area contributed by atoms with Gasteiger partial charge in [0.1, 0.15) is 18.1 Å². The molecule has 1 aromatic carbocycles. The Balaban J connectivity index is 2.78. The number of benzene rings is 1. The summed E-state index contributed by atoms with van der Waals surface area (Å²) in [5.74, 6) is -5.01. The van der Waals surface area contributed by atoms with E-state index < -0.39 is 67.4 Å². The molecule has 1 aromatic rings. The predicted octanol–water partition coefficient (Wildman–Crippen LogP) is -2.42. The Labute approximate surface area is 177 Å². The van der Waals surface area contributed by atoms with E-state index in [0.717, 1.165) is 0 Å². The van der Waals surface area contributed by atoms with Crippen LogP contribution in [-0.4, -0.2) is 76.3 Å². The van der Waals surface area contributed by atoms with Crippen molar-refractivity contribution in [3.05, 3.63) is 35.9 Å². The van der Waals surface area contributed by atoms with Gasteiger partial charge in [-0.2, -0.15) is 0 Å². The highest BCUT2D eigenvalue weighted by Crippen LogP contribution is 2.05. The van der Waals surface area contributed by atoms with E-state index >= 15 is 0 Å². The summed E-state index contributed by atoms with van der Waals surface area (Å²) in [6.45, 7) is -1.20. The van der Waals surface area contributed by atoms with E-state index in [1.807, 2.05) is 0 Å². The number of rotatable bonds is 13. The Hall–Kier alpha value is -3.51. The zero-order valence-corrected chi connectivity index (χ0v) is 16.6. The number of carbonyl (C=O) groups excluding carboxylic acids is 3. The average Bonchev–Trinajstić information content (AvgIpc) is 2.74. The Morgan fingerprint density at radius 2 is 1.58 bits per heavy atom. The molecule has 1 rings (SSSR count). The molecule has 0 radical (unpaired) electrons. The molecule has 0 aromatic heterocycles. The fraction of sp³-hybridized carbons (Fsp3) is 0.421. The van der Waals surface area contributed by atoms with Crippen molar-refractivity contribution in [2.45, 2.75) is 37.4 Å². The summed E-state index contributed by atoms with van der Waals surface area (Å²) in [7, 11) is 0. The molecular formula is C19H26N4O8. The smallest absolute Gasteiger partial charge is 0.326 e. The minimum absolute atomic E-state index is 0.0172. The van der Waals surface area contributed by atoms with Crippen molar-refractivity contribution >= 4 is 29.7 Å². The minimum Gasteiger partial charge on any atom is -0.481 e. The number of aliphatic carboxylic acids is 2. The zero-order chi connectivity index (χ0) is 23.4. The van der Waals surface area contributed by atoms with Crippen LogP contribution in [0.15, 0.2) is 30.3 Å². The second kappa shape index (κ2) is 12.9. The molecule has 3 atom stereocenters. The third kappa shape index (κ3) is 9.69. The zero-order valence-electron chi connectivity index (χ0n) is 16.6. The lowest BCUT2D eigenvalue weighted by atomic mass is 10.0. The van der Waals surface area contributed by atoms with Gasteiger partial charge < -0.3 is 37.0 Å². The van der Waals surface area contributed by atoms with Gasteiger partial charge in [-0.15, -0.1) is 0 Å². The van der Waals surface area contributed by atoms with E-state index in [0.29, 0.717) is 5.56 Å². The highest BCUT2D eigenvalue weighted by atomic mass is 16.4. The molecule has 0 aliphatic rings. The average molecular weight is 438 g/mol. The summed E-state index contributed by atoms with van der Waals surface area (Å²) in [6, 6.07) is 4.67. The van der Waals surface area contributed by atoms with Gasteiger partial charge in [-0.25, -0.2) is 4.79 Å². The van der Waals surface area contributed by atoms with Crippen LogP contribution in [0.3, 0.4) is 0 Å². The molecule has 12 nitrogen and oxygen atoms in total. The third-order valence-corrected chi connectivity index (χ3v) is 4.15. The van der Waals surface area contributed by atoms with Crippen LogP contribution in [0.1, 0.15) is 18.4 Å². The molecule has 170 valence electrons. The van der Waals surface area contributed by atoms with Gasteiger partial charge in [0.2, 0.25) is 17.7 Å². The first-order valence-electron chi connectivity index (χ1n) is 9.36. The maximum atomic E-state index is 12.6. The van der Waals surface area contributed by atoms with Gasteiger partial charge in [0, 0.05) is 12.8 Å². The summed E-state index contributed by atoms with van der Waals surface area (Å²) in [5, 5.41) is 33.8. The highest BCUT2D eigenvalue weighted by molar-refractivity contribution is 5.92. The molecule has 0 aliphatic carbocycles. The van der Waals surface area contributed by atoms with Crippen LogP contribution < -0.4 is 21.7 Å². The summed E-state index contributed by atoms with van der Waals surface area (Å²) in [5.41, 5.74) is 5.96. The lowest BCUT2D eigenvalue weighted by Gasteiger charge is -2.21. The Kier molecular flexibility index (Phi) is 10.6. The molecule has 0 saturated heterocycles. The Morgan fingerprint density at radius 1 is 0.935 bits per heavy atom. The van der Waals surface area contributed by atoms with Crippen LogP contribution >= 0.6 is 0 Å². The lowest BCUT2D eigenvalue weighted by molar-refractivity contribution is -0.143. The van der Waals surface area contributed by atoms with Gasteiger partial charge in [-0.1, -0.05) is 30.3 Å². The molecule has 0 saturated carbocycles. The van der Waals surface area contributed by atoms with E-state index in [2.05, 4.69) is 16.0 Å². The lowest BCUT2D eigenvalue weighted by Crippen LogP contribution is -2.54. The topological polar surface area (TPSA) is 208 Å². The first-order valence-corrected chi connectivity index (χ1v) is 9.36. The molecule has 0 spiro atoms. The number of hydrogen-bond donors (Lipinski definition) is 7. The van der Waals surface area contributed by atoms with E-state index in [9.17, 15) is 29.1 Å². The van der Waals surface area contributed by atoms with Gasteiger partial charge in [-0.05, 0) is 12.0 Å². The van der Waals surface area contributed by atoms with E-state index in [-0.39, 0.29) is 12.8 Å². The molecule has 0 fully saturated rings. The van der Waals surface area contributed by atoms with Crippen molar-refractivity contribution < 1.29 is 39.3 Å². The quantitative estimate of drug-likeness (QED) is 0.175. The number of carbonyl (C=O) groups is 5. The molecule has 0 heterocycles. The molecule has 3 unspecified atom stereocenters. The van der Waals surface area contributed by atoms with Gasteiger partial charge in [-0.3, -0.25) is 19.2 Å². The Bertz CT molecular complexity index is 786. The van der Waals surface area contributed by atoms with Gasteiger partial charge >= 0.3 is 11.9 Å². The number of carboxylic acid groups (broad SMARTS) is 2. The monoisotopic (exact) mass is 438 g/mol. The van der Waals surface area contributed by atoms with E-state index in [1.165, 1.54) is 0 Å². The van der Waals surface area contributed by atoms with Gasteiger partial charge in [0.05, 0.1) is 13.2 Å². The van der Waals surface area contributed by atoms with Crippen LogP contribution in [0.5, 0.6) is 0 Å². The van der Waals surface area contributed by atoms with Crippen molar-refractivity contribution in [2.24, 2.45) is 5.73 Å². The first-order chi connectivity index (χ1) is 14.6. The molecule has 31 heavy (non-hydrogen) atoms. The van der Waals surface area contributed by atoms with Gasteiger partial charge in [0.15, 0.2) is 0 Å². The van der Waals surface area contributed by atoms with Crippen LogP contribution in [-0.2, 0) is 30.4 Å². The molecule has 0 aliphatic heterocycles. The molecule has 3 amide bonds. The minimum atomic E-state index is -1.34. The fourth-order valence-electron chi connectivity index (χ4n) is 2.49. The summed E-state index contributed by atoms with van der Waals surface area (Å²) >= 11 is 0. The number of aliphatic hydroxyl groups is 1. The second-order valence-corrected chi connectivity index (χ2v) is 6.65. The van der Waals surface area contributed by atoms with Crippen LogP contribution in [0, 0.1) is 0 Å². The number of amides is 3. The van der Waals surface area contributed by atoms with E-state index in [4.69, 9.17) is 15.9 Å². The maximum absolute atomic E-state index is 12.6. The molecular weight excluding hydrogens is 412 g/mol. The molecule has 12 heteroatoms. The van der Waals surface area contributed by atoms with Crippen molar-refractivity contribution in [1.29, 1.82) is 0 Å². The second-order valence-electron chi connectivity index (χ2n) is 6.65. The Morgan fingerprint density at radius 3 is 2.13 bits per heavy atom. The van der Waals surface area contributed by atoms with Gasteiger partial charge in [0.25, 0.3) is 0 Å². The standard InChI is InChI=1S/C19H26N4O8/c20-12(10-24)17(28)21-9-15(25)22-13(6-7-16(26)27)18(29)23-14(19(30)31)8-11-4-2-1-3-5-11/h1-5,12-14,24H,6-10,20H2,(H,21,28)(H,22,25)(H,23,29)(H,26,27)(H,30,31). The number of nitrogens with two attached hydrogens (primary N) is 1. The molecule has 8 N–H and O–H groups in total. The summed E-state index contributed by atoms with van der Waals surface area (Å²) in [6.07, 6.45) is -0.776. The van der Waals surface area contributed by atoms with Crippen LogP contribution in [0.25, 0.3) is 0 Å². The first kappa shape index (κ1) is 25.5.